The Labute approximate surface area is 142 Å². The van der Waals surface area contributed by atoms with E-state index in [0.717, 1.165) is 26.4 Å². The van der Waals surface area contributed by atoms with Crippen LogP contribution in [0.1, 0.15) is 23.5 Å². The SMILES string of the molecule is Cc1nnc(SCC(=O)N[C@@H](C)c2ccc3c(c2)OCCO3)s1. The van der Waals surface area contributed by atoms with Gasteiger partial charge >= 0.3 is 0 Å². The van der Waals surface area contributed by atoms with E-state index < -0.39 is 0 Å². The molecular formula is C15H17N3O3S2. The Hall–Kier alpha value is -1.80. The molecule has 1 aliphatic rings. The summed E-state index contributed by atoms with van der Waals surface area (Å²) in [4.78, 5) is 12.1. The zero-order chi connectivity index (χ0) is 16.2. The van der Waals surface area contributed by atoms with E-state index in [0.29, 0.717) is 19.0 Å². The van der Waals surface area contributed by atoms with E-state index in [2.05, 4.69) is 15.5 Å². The van der Waals surface area contributed by atoms with Gasteiger partial charge in [-0.1, -0.05) is 29.2 Å². The van der Waals surface area contributed by atoms with Gasteiger partial charge in [0, 0.05) is 0 Å². The van der Waals surface area contributed by atoms with Gasteiger partial charge in [0.1, 0.15) is 18.2 Å². The first kappa shape index (κ1) is 16.1. The summed E-state index contributed by atoms with van der Waals surface area (Å²) in [6, 6.07) is 5.64. The molecule has 1 aliphatic heterocycles. The second kappa shape index (κ2) is 7.18. The molecule has 23 heavy (non-hydrogen) atoms. The van der Waals surface area contributed by atoms with Gasteiger partial charge in [0.25, 0.3) is 0 Å². The van der Waals surface area contributed by atoms with Crippen LogP contribution in [0.3, 0.4) is 0 Å². The minimum absolute atomic E-state index is 0.0368. The third-order valence-corrected chi connectivity index (χ3v) is 5.25. The van der Waals surface area contributed by atoms with Crippen LogP contribution in [0.25, 0.3) is 0 Å². The molecule has 122 valence electrons. The molecule has 1 aromatic heterocycles. The molecule has 6 nitrogen and oxygen atoms in total. The second-order valence-electron chi connectivity index (χ2n) is 5.07. The van der Waals surface area contributed by atoms with E-state index in [1.165, 1.54) is 23.1 Å². The minimum Gasteiger partial charge on any atom is -0.486 e. The number of hydrogen-bond donors (Lipinski definition) is 1. The number of nitrogens with one attached hydrogen (secondary N) is 1. The number of ether oxygens (including phenoxy) is 2. The van der Waals surface area contributed by atoms with E-state index in [1.807, 2.05) is 32.0 Å². The highest BCUT2D eigenvalue weighted by Gasteiger charge is 2.16. The first-order valence-electron chi connectivity index (χ1n) is 7.23. The molecule has 2 aromatic rings. The van der Waals surface area contributed by atoms with E-state index >= 15 is 0 Å². The van der Waals surface area contributed by atoms with Crippen molar-refractivity contribution in [2.24, 2.45) is 0 Å². The molecule has 0 saturated heterocycles. The number of aryl methyl sites for hydroxylation is 1. The smallest absolute Gasteiger partial charge is 0.230 e. The lowest BCUT2D eigenvalue weighted by atomic mass is 10.1. The summed E-state index contributed by atoms with van der Waals surface area (Å²) in [7, 11) is 0. The van der Waals surface area contributed by atoms with Crippen molar-refractivity contribution < 1.29 is 14.3 Å². The topological polar surface area (TPSA) is 73.3 Å². The lowest BCUT2D eigenvalue weighted by Gasteiger charge is -2.21. The van der Waals surface area contributed by atoms with Gasteiger partial charge in [0.05, 0.1) is 11.8 Å². The normalized spacial score (nSPS) is 14.3. The molecular weight excluding hydrogens is 334 g/mol. The first-order chi connectivity index (χ1) is 11.1. The highest BCUT2D eigenvalue weighted by atomic mass is 32.2. The van der Waals surface area contributed by atoms with Gasteiger partial charge < -0.3 is 14.8 Å². The molecule has 1 amide bonds. The van der Waals surface area contributed by atoms with Crippen molar-refractivity contribution in [3.8, 4) is 11.5 Å². The fraction of sp³-hybridized carbons (Fsp3) is 0.400. The van der Waals surface area contributed by atoms with E-state index in [1.54, 1.807) is 0 Å². The van der Waals surface area contributed by atoms with E-state index in [-0.39, 0.29) is 11.9 Å². The Balaban J connectivity index is 1.55. The third kappa shape index (κ3) is 4.14. The largest absolute Gasteiger partial charge is 0.486 e. The summed E-state index contributed by atoms with van der Waals surface area (Å²) in [5.41, 5.74) is 0.986. The second-order valence-corrected chi connectivity index (χ2v) is 7.47. The number of nitrogens with zero attached hydrogens (tertiary/aromatic N) is 2. The van der Waals surface area contributed by atoms with Crippen molar-refractivity contribution in [1.82, 2.24) is 15.5 Å². The molecule has 0 unspecified atom stereocenters. The summed E-state index contributed by atoms with van der Waals surface area (Å²) < 4.78 is 11.9. The van der Waals surface area contributed by atoms with Crippen molar-refractivity contribution >= 4 is 29.0 Å². The summed E-state index contributed by atoms with van der Waals surface area (Å²) in [5.74, 6) is 1.77. The van der Waals surface area contributed by atoms with Gasteiger partial charge in [-0.2, -0.15) is 0 Å². The van der Waals surface area contributed by atoms with Crippen LogP contribution in [0, 0.1) is 6.92 Å². The fourth-order valence-electron chi connectivity index (χ4n) is 2.16. The van der Waals surface area contributed by atoms with Gasteiger partial charge in [-0.25, -0.2) is 0 Å². The van der Waals surface area contributed by atoms with Crippen LogP contribution >= 0.6 is 23.1 Å². The molecule has 0 saturated carbocycles. The molecule has 3 rings (SSSR count). The Morgan fingerprint density at radius 2 is 2.13 bits per heavy atom. The monoisotopic (exact) mass is 351 g/mol. The maximum Gasteiger partial charge on any atom is 0.230 e. The third-order valence-electron chi connectivity index (χ3n) is 3.28. The average Bonchev–Trinajstić information content (AvgIpc) is 2.98. The number of thioether (sulfide) groups is 1. The number of fused-ring (bicyclic) bond motifs is 1. The van der Waals surface area contributed by atoms with Crippen molar-refractivity contribution in [1.29, 1.82) is 0 Å². The molecule has 0 radical (unpaired) electrons. The Bertz CT molecular complexity index is 705. The van der Waals surface area contributed by atoms with Crippen LogP contribution in [-0.4, -0.2) is 35.1 Å². The van der Waals surface area contributed by atoms with Gasteiger partial charge in [-0.3, -0.25) is 4.79 Å². The Kier molecular flexibility index (Phi) is 5.02. The molecule has 0 fully saturated rings. The van der Waals surface area contributed by atoms with E-state index in [9.17, 15) is 4.79 Å². The number of benzene rings is 1. The lowest BCUT2D eigenvalue weighted by molar-refractivity contribution is -0.119. The number of hydrogen-bond acceptors (Lipinski definition) is 7. The Morgan fingerprint density at radius 3 is 2.87 bits per heavy atom. The molecule has 0 spiro atoms. The van der Waals surface area contributed by atoms with Crippen molar-refractivity contribution in [2.45, 2.75) is 24.2 Å². The quantitative estimate of drug-likeness (QED) is 0.835. The van der Waals surface area contributed by atoms with Gasteiger partial charge in [-0.05, 0) is 31.5 Å². The number of rotatable bonds is 5. The van der Waals surface area contributed by atoms with Crippen LogP contribution in [0.15, 0.2) is 22.5 Å². The number of amides is 1. The van der Waals surface area contributed by atoms with Crippen molar-refractivity contribution in [2.75, 3.05) is 19.0 Å². The summed E-state index contributed by atoms with van der Waals surface area (Å²) >= 11 is 2.89. The van der Waals surface area contributed by atoms with Gasteiger partial charge in [-0.15, -0.1) is 10.2 Å². The summed E-state index contributed by atoms with van der Waals surface area (Å²) in [5, 5.41) is 11.8. The highest BCUT2D eigenvalue weighted by molar-refractivity contribution is 8.01. The molecule has 1 aromatic carbocycles. The maximum atomic E-state index is 12.1. The zero-order valence-electron chi connectivity index (χ0n) is 12.9. The van der Waals surface area contributed by atoms with Crippen LogP contribution in [0.4, 0.5) is 0 Å². The molecule has 8 heteroatoms. The maximum absolute atomic E-state index is 12.1. The van der Waals surface area contributed by atoms with Crippen molar-refractivity contribution in [3.05, 3.63) is 28.8 Å². The molecule has 1 atom stereocenters. The Morgan fingerprint density at radius 1 is 1.35 bits per heavy atom. The lowest BCUT2D eigenvalue weighted by Crippen LogP contribution is -2.28. The molecule has 0 bridgehead atoms. The number of carbonyl (C=O) groups is 1. The zero-order valence-corrected chi connectivity index (χ0v) is 14.5. The van der Waals surface area contributed by atoms with Crippen molar-refractivity contribution in [3.63, 3.8) is 0 Å². The minimum atomic E-state index is -0.102. The highest BCUT2D eigenvalue weighted by Crippen LogP contribution is 2.32. The fourth-order valence-corrected chi connectivity index (χ4v) is 3.79. The molecule has 2 heterocycles. The first-order valence-corrected chi connectivity index (χ1v) is 9.04. The average molecular weight is 351 g/mol. The standard InChI is InChI=1S/C15H17N3O3S2/c1-9(11-3-4-12-13(7-11)21-6-5-20-12)16-14(19)8-22-15-18-17-10(2)23-15/h3-4,7,9H,5-6,8H2,1-2H3,(H,16,19)/t9-/m0/s1. The molecule has 0 aliphatic carbocycles. The van der Waals surface area contributed by atoms with Crippen LogP contribution < -0.4 is 14.8 Å². The summed E-state index contributed by atoms with van der Waals surface area (Å²) in [6.07, 6.45) is 0. The van der Waals surface area contributed by atoms with Crippen LogP contribution in [0.2, 0.25) is 0 Å². The van der Waals surface area contributed by atoms with E-state index in [4.69, 9.17) is 9.47 Å². The summed E-state index contributed by atoms with van der Waals surface area (Å²) in [6.45, 7) is 4.96. The molecule has 1 N–H and O–H groups in total. The van der Waals surface area contributed by atoms with Gasteiger partial charge in [0.15, 0.2) is 15.8 Å². The predicted octanol–water partition coefficient (Wildman–Crippen LogP) is 2.59. The number of aromatic nitrogens is 2. The predicted molar refractivity (Wildman–Crippen MR) is 89.4 cm³/mol. The van der Waals surface area contributed by atoms with Crippen LogP contribution in [-0.2, 0) is 4.79 Å². The number of carbonyl (C=O) groups excluding carboxylic acids is 1. The van der Waals surface area contributed by atoms with Gasteiger partial charge in [0.2, 0.25) is 5.91 Å². The van der Waals surface area contributed by atoms with Crippen LogP contribution in [0.5, 0.6) is 11.5 Å².